The third kappa shape index (κ3) is 5.24. The maximum absolute atomic E-state index is 13.8. The van der Waals surface area contributed by atoms with Crippen molar-refractivity contribution in [2.45, 2.75) is 19.9 Å². The Labute approximate surface area is 245 Å². The van der Waals surface area contributed by atoms with Crippen molar-refractivity contribution in [2.75, 3.05) is 13.7 Å². The summed E-state index contributed by atoms with van der Waals surface area (Å²) >= 11 is 17.1. The molecule has 39 heavy (non-hydrogen) atoms. The lowest BCUT2D eigenvalue weighted by molar-refractivity contribution is -0.139. The zero-order valence-corrected chi connectivity index (χ0v) is 24.9. The first-order chi connectivity index (χ1) is 18.7. The summed E-state index contributed by atoms with van der Waals surface area (Å²) in [6, 6.07) is 13.3. The number of hydrogen-bond acceptors (Lipinski definition) is 7. The van der Waals surface area contributed by atoms with Crippen LogP contribution < -0.4 is 19.6 Å². The highest BCUT2D eigenvalue weighted by molar-refractivity contribution is 9.10. The Morgan fingerprint density at radius 2 is 2.00 bits per heavy atom. The molecule has 1 unspecified atom stereocenters. The van der Waals surface area contributed by atoms with Gasteiger partial charge in [0.15, 0.2) is 4.80 Å². The third-order valence-electron chi connectivity index (χ3n) is 6.11. The van der Waals surface area contributed by atoms with Crippen LogP contribution in [0.5, 0.6) is 5.75 Å². The standard InChI is InChI=1S/C28H21BrCl2N2O5S/c1-4-37-27(35)24-14(2)32-28-33(25(24)15-5-9-22(36-3)19(29)11-15)26(34)23(39-28)13-17-7-10-21(38-17)18-8-6-16(30)12-20(18)31/h5-13,25H,4H2,1-3H3/b23-13-. The molecule has 1 aliphatic heterocycles. The maximum Gasteiger partial charge on any atom is 0.338 e. The highest BCUT2D eigenvalue weighted by atomic mass is 79.9. The number of methoxy groups -OCH3 is 1. The van der Waals surface area contributed by atoms with Gasteiger partial charge in [-0.3, -0.25) is 9.36 Å². The number of benzene rings is 2. The Morgan fingerprint density at radius 3 is 2.69 bits per heavy atom. The van der Waals surface area contributed by atoms with Crippen LogP contribution in [0.3, 0.4) is 0 Å². The molecule has 1 aliphatic rings. The number of halogens is 3. The summed E-state index contributed by atoms with van der Waals surface area (Å²) in [5.41, 5.74) is 1.85. The number of allylic oxidation sites excluding steroid dienone is 1. The van der Waals surface area contributed by atoms with Gasteiger partial charge in [0.25, 0.3) is 5.56 Å². The summed E-state index contributed by atoms with van der Waals surface area (Å²) in [5, 5.41) is 0.975. The number of rotatable bonds is 6. The van der Waals surface area contributed by atoms with Crippen LogP contribution in [0.15, 0.2) is 78.5 Å². The number of esters is 1. The normalized spacial score (nSPS) is 15.2. The molecule has 0 amide bonds. The van der Waals surface area contributed by atoms with E-state index >= 15 is 0 Å². The molecular weight excluding hydrogens is 627 g/mol. The lowest BCUT2D eigenvalue weighted by Gasteiger charge is -2.25. The van der Waals surface area contributed by atoms with Crippen molar-refractivity contribution in [1.82, 2.24) is 4.57 Å². The van der Waals surface area contributed by atoms with Crippen LogP contribution in [0.25, 0.3) is 17.4 Å². The molecule has 11 heteroatoms. The lowest BCUT2D eigenvalue weighted by Crippen LogP contribution is -2.39. The fraction of sp³-hybridized carbons (Fsp3) is 0.179. The molecule has 0 N–H and O–H groups in total. The van der Waals surface area contributed by atoms with Crippen molar-refractivity contribution in [2.24, 2.45) is 4.99 Å². The number of aromatic nitrogens is 1. The molecule has 0 saturated carbocycles. The number of ether oxygens (including phenoxy) is 2. The molecule has 0 spiro atoms. The number of carbonyl (C=O) groups excluding carboxylic acids is 1. The summed E-state index contributed by atoms with van der Waals surface area (Å²) < 4.78 is 19.3. The number of carbonyl (C=O) groups is 1. The van der Waals surface area contributed by atoms with E-state index in [0.717, 1.165) is 0 Å². The Hall–Kier alpha value is -3.11. The fourth-order valence-corrected chi connectivity index (χ4v) is 6.44. The van der Waals surface area contributed by atoms with Gasteiger partial charge in [-0.25, -0.2) is 9.79 Å². The van der Waals surface area contributed by atoms with E-state index in [1.165, 1.54) is 15.9 Å². The van der Waals surface area contributed by atoms with Crippen molar-refractivity contribution in [3.63, 3.8) is 0 Å². The SMILES string of the molecule is CCOC(=O)C1=C(C)N=c2s/c(=C\c3ccc(-c4ccc(Cl)cc4Cl)o3)c(=O)n2C1c1ccc(OC)c(Br)c1. The van der Waals surface area contributed by atoms with Crippen molar-refractivity contribution in [1.29, 1.82) is 0 Å². The largest absolute Gasteiger partial charge is 0.496 e. The van der Waals surface area contributed by atoms with Gasteiger partial charge >= 0.3 is 5.97 Å². The molecule has 200 valence electrons. The summed E-state index contributed by atoms with van der Waals surface area (Å²) in [6.45, 7) is 3.66. The van der Waals surface area contributed by atoms with Gasteiger partial charge < -0.3 is 13.9 Å². The van der Waals surface area contributed by atoms with Gasteiger partial charge in [0.1, 0.15) is 17.3 Å². The minimum atomic E-state index is -0.746. The van der Waals surface area contributed by atoms with E-state index in [1.807, 2.05) is 12.1 Å². The van der Waals surface area contributed by atoms with Gasteiger partial charge in [-0.1, -0.05) is 40.6 Å². The van der Waals surface area contributed by atoms with E-state index in [9.17, 15) is 9.59 Å². The topological polar surface area (TPSA) is 83.0 Å². The van der Waals surface area contributed by atoms with Crippen LogP contribution in [0.1, 0.15) is 31.2 Å². The molecule has 1 atom stereocenters. The molecule has 3 heterocycles. The average Bonchev–Trinajstić information content (AvgIpc) is 3.47. The summed E-state index contributed by atoms with van der Waals surface area (Å²) in [5.74, 6) is 1.10. The molecule has 0 bridgehead atoms. The highest BCUT2D eigenvalue weighted by Gasteiger charge is 2.33. The van der Waals surface area contributed by atoms with E-state index in [1.54, 1.807) is 63.4 Å². The molecule has 0 radical (unpaired) electrons. The van der Waals surface area contributed by atoms with Crippen LogP contribution in [-0.2, 0) is 9.53 Å². The van der Waals surface area contributed by atoms with Crippen LogP contribution in [-0.4, -0.2) is 24.3 Å². The minimum absolute atomic E-state index is 0.192. The van der Waals surface area contributed by atoms with Crippen molar-refractivity contribution < 1.29 is 18.7 Å². The molecule has 0 fully saturated rings. The van der Waals surface area contributed by atoms with E-state index < -0.39 is 12.0 Å². The lowest BCUT2D eigenvalue weighted by atomic mass is 9.96. The zero-order chi connectivity index (χ0) is 27.8. The second-order valence-electron chi connectivity index (χ2n) is 8.52. The Balaban J connectivity index is 1.65. The van der Waals surface area contributed by atoms with Crippen LogP contribution in [0.2, 0.25) is 10.0 Å². The second-order valence-corrected chi connectivity index (χ2v) is 11.2. The van der Waals surface area contributed by atoms with Crippen molar-refractivity contribution >= 4 is 62.5 Å². The number of hydrogen-bond donors (Lipinski definition) is 0. The first-order valence-electron chi connectivity index (χ1n) is 11.8. The average molecular weight is 648 g/mol. The summed E-state index contributed by atoms with van der Waals surface area (Å²) in [4.78, 5) is 31.9. The van der Waals surface area contributed by atoms with Gasteiger partial charge in [-0.05, 0) is 77.8 Å². The highest BCUT2D eigenvalue weighted by Crippen LogP contribution is 2.35. The molecule has 0 aliphatic carbocycles. The van der Waals surface area contributed by atoms with E-state index in [0.29, 0.717) is 63.5 Å². The van der Waals surface area contributed by atoms with Gasteiger partial charge in [0.05, 0.1) is 45.1 Å². The minimum Gasteiger partial charge on any atom is -0.496 e. The number of fused-ring (bicyclic) bond motifs is 1. The van der Waals surface area contributed by atoms with Crippen LogP contribution in [0, 0.1) is 0 Å². The smallest absolute Gasteiger partial charge is 0.338 e. The Bertz CT molecular complexity index is 1820. The van der Waals surface area contributed by atoms with Gasteiger partial charge in [-0.2, -0.15) is 0 Å². The summed E-state index contributed by atoms with van der Waals surface area (Å²) in [7, 11) is 1.57. The molecule has 7 nitrogen and oxygen atoms in total. The molecule has 2 aromatic carbocycles. The molecule has 0 saturated heterocycles. The first kappa shape index (κ1) is 27.5. The van der Waals surface area contributed by atoms with Gasteiger partial charge in [0, 0.05) is 16.7 Å². The number of nitrogens with zero attached hydrogens (tertiary/aromatic N) is 2. The van der Waals surface area contributed by atoms with Crippen LogP contribution in [0.4, 0.5) is 0 Å². The first-order valence-corrected chi connectivity index (χ1v) is 14.2. The molecule has 2 aromatic heterocycles. The van der Waals surface area contributed by atoms with Crippen molar-refractivity contribution in [3.8, 4) is 17.1 Å². The molecule has 4 aromatic rings. The monoisotopic (exact) mass is 646 g/mol. The maximum atomic E-state index is 13.8. The van der Waals surface area contributed by atoms with Crippen molar-refractivity contribution in [3.05, 3.63) is 105 Å². The van der Waals surface area contributed by atoms with E-state index in [-0.39, 0.29) is 12.2 Å². The Morgan fingerprint density at radius 1 is 1.21 bits per heavy atom. The van der Waals surface area contributed by atoms with E-state index in [4.69, 9.17) is 37.1 Å². The fourth-order valence-electron chi connectivity index (χ4n) is 4.35. The zero-order valence-electron chi connectivity index (χ0n) is 21.0. The third-order valence-corrected chi connectivity index (χ3v) is 8.26. The van der Waals surface area contributed by atoms with Crippen LogP contribution >= 0.6 is 50.5 Å². The molecular formula is C28H21BrCl2N2O5S. The van der Waals surface area contributed by atoms with Gasteiger partial charge in [-0.15, -0.1) is 0 Å². The number of thiazole rings is 1. The number of furan rings is 1. The predicted molar refractivity (Wildman–Crippen MR) is 155 cm³/mol. The second kappa shape index (κ2) is 11.2. The van der Waals surface area contributed by atoms with E-state index in [2.05, 4.69) is 20.9 Å². The van der Waals surface area contributed by atoms with Gasteiger partial charge in [0.2, 0.25) is 0 Å². The quantitative estimate of drug-likeness (QED) is 0.235. The summed E-state index contributed by atoms with van der Waals surface area (Å²) in [6.07, 6.45) is 1.65. The molecule has 5 rings (SSSR count). The predicted octanol–water partition coefficient (Wildman–Crippen LogP) is 6.14. The Kier molecular flexibility index (Phi) is 7.87.